The lowest BCUT2D eigenvalue weighted by molar-refractivity contribution is 0.915. The number of hydrogen-bond acceptors (Lipinski definition) is 6. The maximum atomic E-state index is 4.55. The van der Waals surface area contributed by atoms with Crippen LogP contribution in [0.2, 0.25) is 0 Å². The molecule has 0 atom stereocenters. The van der Waals surface area contributed by atoms with Crippen LogP contribution in [0, 0.1) is 0 Å². The van der Waals surface area contributed by atoms with Crippen LogP contribution in [0.5, 0.6) is 0 Å². The highest BCUT2D eigenvalue weighted by atomic mass is 32.1. The molecular weight excluding hydrogens is 294 g/mol. The number of nitrogens with zero attached hydrogens (tertiary/aromatic N) is 4. The van der Waals surface area contributed by atoms with Crippen LogP contribution in [0.4, 0.5) is 5.82 Å². The van der Waals surface area contributed by atoms with Crippen LogP contribution < -0.4 is 5.32 Å². The van der Waals surface area contributed by atoms with Crippen molar-refractivity contribution in [3.8, 4) is 10.6 Å². The minimum absolute atomic E-state index is 0.563. The predicted molar refractivity (Wildman–Crippen MR) is 86.7 cm³/mol. The zero-order valence-corrected chi connectivity index (χ0v) is 12.8. The van der Waals surface area contributed by atoms with Gasteiger partial charge in [0.05, 0.1) is 6.54 Å². The molecular formula is C16H15N5S. The van der Waals surface area contributed by atoms with Gasteiger partial charge in [-0.15, -0.1) is 10.2 Å². The zero-order chi connectivity index (χ0) is 14.8. The van der Waals surface area contributed by atoms with Gasteiger partial charge in [0.15, 0.2) is 0 Å². The van der Waals surface area contributed by atoms with Gasteiger partial charge in [0.2, 0.25) is 0 Å². The molecule has 3 aromatic rings. The van der Waals surface area contributed by atoms with Crippen LogP contribution in [0.25, 0.3) is 10.6 Å². The van der Waals surface area contributed by atoms with E-state index in [1.165, 1.54) is 12.8 Å². The number of rotatable bonds is 5. The number of benzene rings is 1. The largest absolute Gasteiger partial charge is 0.363 e. The van der Waals surface area contributed by atoms with Gasteiger partial charge in [-0.1, -0.05) is 41.7 Å². The fourth-order valence-electron chi connectivity index (χ4n) is 2.20. The maximum absolute atomic E-state index is 4.55. The predicted octanol–water partition coefficient (Wildman–Crippen LogP) is 3.48. The van der Waals surface area contributed by atoms with E-state index in [-0.39, 0.29) is 0 Å². The van der Waals surface area contributed by atoms with E-state index in [2.05, 4.69) is 25.5 Å². The van der Waals surface area contributed by atoms with Crippen molar-refractivity contribution in [1.29, 1.82) is 0 Å². The molecule has 0 saturated heterocycles. The van der Waals surface area contributed by atoms with Crippen molar-refractivity contribution in [2.45, 2.75) is 25.3 Å². The van der Waals surface area contributed by atoms with Crippen LogP contribution in [0.3, 0.4) is 0 Å². The van der Waals surface area contributed by atoms with E-state index in [0.29, 0.717) is 12.5 Å². The third-order valence-electron chi connectivity index (χ3n) is 3.53. The van der Waals surface area contributed by atoms with Gasteiger partial charge in [-0.3, -0.25) is 0 Å². The molecule has 0 aliphatic heterocycles. The Morgan fingerprint density at radius 2 is 1.95 bits per heavy atom. The van der Waals surface area contributed by atoms with Crippen molar-refractivity contribution in [1.82, 2.24) is 20.2 Å². The lowest BCUT2D eigenvalue weighted by atomic mass is 10.2. The molecule has 2 aromatic heterocycles. The quantitative estimate of drug-likeness (QED) is 0.781. The molecule has 22 heavy (non-hydrogen) atoms. The van der Waals surface area contributed by atoms with E-state index in [1.807, 2.05) is 42.6 Å². The Hall–Kier alpha value is -2.34. The van der Waals surface area contributed by atoms with Gasteiger partial charge in [-0.25, -0.2) is 9.97 Å². The summed E-state index contributed by atoms with van der Waals surface area (Å²) in [5, 5.41) is 13.7. The van der Waals surface area contributed by atoms with Gasteiger partial charge in [-0.05, 0) is 18.9 Å². The first-order chi connectivity index (χ1) is 10.9. The molecule has 1 fully saturated rings. The Bertz CT molecular complexity index is 767. The highest BCUT2D eigenvalue weighted by molar-refractivity contribution is 7.14. The van der Waals surface area contributed by atoms with Crippen LogP contribution in [0.1, 0.15) is 29.6 Å². The van der Waals surface area contributed by atoms with Crippen molar-refractivity contribution in [2.75, 3.05) is 5.32 Å². The van der Waals surface area contributed by atoms with Crippen molar-refractivity contribution in [2.24, 2.45) is 0 Å². The van der Waals surface area contributed by atoms with Gasteiger partial charge in [0.1, 0.15) is 21.7 Å². The summed E-state index contributed by atoms with van der Waals surface area (Å²) >= 11 is 1.60. The SMILES string of the molecule is c1ccc(-c2nnc(CNc3ccnc(C4CC4)n3)s2)cc1. The summed E-state index contributed by atoms with van der Waals surface area (Å²) < 4.78 is 0. The van der Waals surface area contributed by atoms with Crippen molar-refractivity contribution in [3.63, 3.8) is 0 Å². The Morgan fingerprint density at radius 3 is 2.77 bits per heavy atom. The van der Waals surface area contributed by atoms with E-state index in [4.69, 9.17) is 0 Å². The normalized spacial score (nSPS) is 14.0. The zero-order valence-electron chi connectivity index (χ0n) is 11.9. The van der Waals surface area contributed by atoms with Gasteiger partial charge in [0.25, 0.3) is 0 Å². The van der Waals surface area contributed by atoms with E-state index < -0.39 is 0 Å². The molecule has 110 valence electrons. The van der Waals surface area contributed by atoms with Crippen molar-refractivity contribution >= 4 is 17.2 Å². The third kappa shape index (κ3) is 2.96. The second-order valence-corrected chi connectivity index (χ2v) is 6.36. The molecule has 6 heteroatoms. The van der Waals surface area contributed by atoms with Crippen molar-refractivity contribution < 1.29 is 0 Å². The number of nitrogens with one attached hydrogen (secondary N) is 1. The Balaban J connectivity index is 1.44. The molecule has 1 saturated carbocycles. The summed E-state index contributed by atoms with van der Waals surface area (Å²) in [6, 6.07) is 12.0. The maximum Gasteiger partial charge on any atom is 0.147 e. The molecule has 5 nitrogen and oxygen atoms in total. The summed E-state index contributed by atoms with van der Waals surface area (Å²) in [6.07, 6.45) is 4.24. The second-order valence-electron chi connectivity index (χ2n) is 5.29. The number of anilines is 1. The summed E-state index contributed by atoms with van der Waals surface area (Å²) in [6.45, 7) is 0.631. The molecule has 2 heterocycles. The lowest BCUT2D eigenvalue weighted by Gasteiger charge is -2.04. The van der Waals surface area contributed by atoms with Gasteiger partial charge >= 0.3 is 0 Å². The highest BCUT2D eigenvalue weighted by Gasteiger charge is 2.26. The number of aromatic nitrogens is 4. The monoisotopic (exact) mass is 309 g/mol. The van der Waals surface area contributed by atoms with E-state index in [9.17, 15) is 0 Å². The minimum atomic E-state index is 0.563. The summed E-state index contributed by atoms with van der Waals surface area (Å²) in [7, 11) is 0. The second kappa shape index (κ2) is 5.81. The summed E-state index contributed by atoms with van der Waals surface area (Å²) in [4.78, 5) is 8.87. The third-order valence-corrected chi connectivity index (χ3v) is 4.50. The molecule has 1 aromatic carbocycles. The molecule has 1 aliphatic rings. The van der Waals surface area contributed by atoms with Crippen LogP contribution in [-0.2, 0) is 6.54 Å². The molecule has 0 radical (unpaired) electrons. The first kappa shape index (κ1) is 13.3. The van der Waals surface area contributed by atoms with E-state index in [1.54, 1.807) is 11.3 Å². The summed E-state index contributed by atoms with van der Waals surface area (Å²) in [5.41, 5.74) is 1.10. The molecule has 0 amide bonds. The summed E-state index contributed by atoms with van der Waals surface area (Å²) in [5.74, 6) is 2.37. The van der Waals surface area contributed by atoms with E-state index >= 15 is 0 Å². The minimum Gasteiger partial charge on any atom is -0.363 e. The van der Waals surface area contributed by atoms with Gasteiger partial charge in [-0.2, -0.15) is 0 Å². The fraction of sp³-hybridized carbons (Fsp3) is 0.250. The highest BCUT2D eigenvalue weighted by Crippen LogP contribution is 2.38. The smallest absolute Gasteiger partial charge is 0.147 e. The Morgan fingerprint density at radius 1 is 1.09 bits per heavy atom. The first-order valence-electron chi connectivity index (χ1n) is 7.33. The average molecular weight is 309 g/mol. The molecule has 1 N–H and O–H groups in total. The lowest BCUT2D eigenvalue weighted by Crippen LogP contribution is -2.03. The molecule has 1 aliphatic carbocycles. The van der Waals surface area contributed by atoms with E-state index in [0.717, 1.165) is 27.2 Å². The molecule has 0 spiro atoms. The van der Waals surface area contributed by atoms with Crippen molar-refractivity contribution in [3.05, 3.63) is 53.4 Å². The Labute approximate surface area is 132 Å². The van der Waals surface area contributed by atoms with Crippen LogP contribution in [0.15, 0.2) is 42.6 Å². The van der Waals surface area contributed by atoms with Gasteiger partial charge in [0, 0.05) is 17.7 Å². The molecule has 0 bridgehead atoms. The Kier molecular flexibility index (Phi) is 3.52. The van der Waals surface area contributed by atoms with Crippen LogP contribution >= 0.6 is 11.3 Å². The first-order valence-corrected chi connectivity index (χ1v) is 8.15. The number of hydrogen-bond donors (Lipinski definition) is 1. The standard InChI is InChI=1S/C16H15N5S/c1-2-4-12(5-3-1)16-21-20-14(22-16)10-18-13-8-9-17-15(19-13)11-6-7-11/h1-5,8-9,11H,6-7,10H2,(H,17,18,19). The molecule has 0 unspecified atom stereocenters. The molecule has 4 rings (SSSR count). The van der Waals surface area contributed by atoms with Crippen LogP contribution in [-0.4, -0.2) is 20.2 Å². The fourth-order valence-corrected chi connectivity index (χ4v) is 2.98. The van der Waals surface area contributed by atoms with Gasteiger partial charge < -0.3 is 5.32 Å². The topological polar surface area (TPSA) is 63.6 Å². The average Bonchev–Trinajstić information content (AvgIpc) is 3.32.